The SMILES string of the molecule is CCCC(N)CCc1c(Br)c(C)nn1C. The Balaban J connectivity index is 2.57. The molecule has 0 bridgehead atoms. The van der Waals surface area contributed by atoms with Gasteiger partial charge in [-0.3, -0.25) is 4.68 Å². The number of aromatic nitrogens is 2. The lowest BCUT2D eigenvalue weighted by Gasteiger charge is -2.10. The highest BCUT2D eigenvalue weighted by atomic mass is 79.9. The normalized spacial score (nSPS) is 13.1. The number of halogens is 1. The van der Waals surface area contributed by atoms with Crippen LogP contribution in [0.5, 0.6) is 0 Å². The molecule has 1 aromatic rings. The minimum atomic E-state index is 0.317. The second-order valence-electron chi connectivity index (χ2n) is 4.06. The van der Waals surface area contributed by atoms with E-state index in [9.17, 15) is 0 Å². The molecule has 0 fully saturated rings. The van der Waals surface area contributed by atoms with Crippen molar-refractivity contribution in [3.05, 3.63) is 15.9 Å². The second kappa shape index (κ2) is 5.66. The Morgan fingerprint density at radius 3 is 2.60 bits per heavy atom. The molecule has 0 saturated carbocycles. The first-order valence-corrected chi connectivity index (χ1v) is 6.29. The van der Waals surface area contributed by atoms with Crippen LogP contribution in [-0.4, -0.2) is 15.8 Å². The predicted molar refractivity (Wildman–Crippen MR) is 66.8 cm³/mol. The van der Waals surface area contributed by atoms with E-state index in [1.165, 1.54) is 5.69 Å². The monoisotopic (exact) mass is 273 g/mol. The fourth-order valence-electron chi connectivity index (χ4n) is 1.79. The van der Waals surface area contributed by atoms with Crippen molar-refractivity contribution < 1.29 is 0 Å². The van der Waals surface area contributed by atoms with Gasteiger partial charge < -0.3 is 5.73 Å². The van der Waals surface area contributed by atoms with Gasteiger partial charge >= 0.3 is 0 Å². The highest BCUT2D eigenvalue weighted by molar-refractivity contribution is 9.10. The van der Waals surface area contributed by atoms with E-state index in [4.69, 9.17) is 5.73 Å². The minimum Gasteiger partial charge on any atom is -0.328 e. The third-order valence-electron chi connectivity index (χ3n) is 2.67. The molecule has 3 nitrogen and oxygen atoms in total. The van der Waals surface area contributed by atoms with Gasteiger partial charge in [-0.15, -0.1) is 0 Å². The predicted octanol–water partition coefficient (Wildman–Crippen LogP) is 2.55. The maximum Gasteiger partial charge on any atom is 0.0738 e. The Labute approximate surface area is 100 Å². The van der Waals surface area contributed by atoms with E-state index in [1.807, 2.05) is 18.7 Å². The van der Waals surface area contributed by atoms with Gasteiger partial charge in [-0.2, -0.15) is 5.10 Å². The van der Waals surface area contributed by atoms with Gasteiger partial charge in [0.05, 0.1) is 15.9 Å². The van der Waals surface area contributed by atoms with Crippen molar-refractivity contribution in [2.45, 2.75) is 45.6 Å². The van der Waals surface area contributed by atoms with Crippen LogP contribution in [0.2, 0.25) is 0 Å². The van der Waals surface area contributed by atoms with E-state index >= 15 is 0 Å². The zero-order chi connectivity index (χ0) is 11.4. The second-order valence-corrected chi connectivity index (χ2v) is 4.85. The number of nitrogens with zero attached hydrogens (tertiary/aromatic N) is 2. The summed E-state index contributed by atoms with van der Waals surface area (Å²) in [7, 11) is 1.98. The average molecular weight is 274 g/mol. The molecule has 1 unspecified atom stereocenters. The number of hydrogen-bond donors (Lipinski definition) is 1. The van der Waals surface area contributed by atoms with Gasteiger partial charge in [-0.25, -0.2) is 0 Å². The van der Waals surface area contributed by atoms with Gasteiger partial charge in [0.2, 0.25) is 0 Å². The zero-order valence-corrected chi connectivity index (χ0v) is 11.3. The molecule has 0 radical (unpaired) electrons. The fraction of sp³-hybridized carbons (Fsp3) is 0.727. The highest BCUT2D eigenvalue weighted by Crippen LogP contribution is 2.21. The molecule has 2 N–H and O–H groups in total. The third kappa shape index (κ3) is 3.31. The van der Waals surface area contributed by atoms with E-state index in [-0.39, 0.29) is 0 Å². The molecule has 0 aliphatic carbocycles. The van der Waals surface area contributed by atoms with Crippen LogP contribution in [0.15, 0.2) is 4.47 Å². The molecule has 1 atom stereocenters. The van der Waals surface area contributed by atoms with Gasteiger partial charge in [0.15, 0.2) is 0 Å². The van der Waals surface area contributed by atoms with E-state index < -0.39 is 0 Å². The van der Waals surface area contributed by atoms with Gasteiger partial charge in [0.1, 0.15) is 0 Å². The summed E-state index contributed by atoms with van der Waals surface area (Å²) in [5, 5.41) is 4.36. The van der Waals surface area contributed by atoms with Crippen molar-refractivity contribution >= 4 is 15.9 Å². The van der Waals surface area contributed by atoms with Gasteiger partial charge in [0, 0.05) is 13.1 Å². The summed E-state index contributed by atoms with van der Waals surface area (Å²) in [6.07, 6.45) is 4.30. The maximum atomic E-state index is 5.99. The number of nitrogens with two attached hydrogens (primary N) is 1. The molecule has 0 spiro atoms. The topological polar surface area (TPSA) is 43.8 Å². The first kappa shape index (κ1) is 12.7. The molecule has 1 aromatic heterocycles. The first-order chi connectivity index (χ1) is 7.06. The fourth-order valence-corrected chi connectivity index (χ4v) is 2.32. The van der Waals surface area contributed by atoms with Crippen molar-refractivity contribution in [2.24, 2.45) is 12.8 Å². The summed E-state index contributed by atoms with van der Waals surface area (Å²) in [5.41, 5.74) is 8.30. The Hall–Kier alpha value is -0.350. The summed E-state index contributed by atoms with van der Waals surface area (Å²) in [6, 6.07) is 0.317. The molecule has 0 amide bonds. The highest BCUT2D eigenvalue weighted by Gasteiger charge is 2.11. The third-order valence-corrected chi connectivity index (χ3v) is 3.70. The molecular weight excluding hydrogens is 254 g/mol. The van der Waals surface area contributed by atoms with Crippen molar-refractivity contribution in [2.75, 3.05) is 0 Å². The molecule has 0 aliphatic rings. The quantitative estimate of drug-likeness (QED) is 0.896. The van der Waals surface area contributed by atoms with Crippen molar-refractivity contribution in [1.29, 1.82) is 0 Å². The zero-order valence-electron chi connectivity index (χ0n) is 9.76. The molecule has 15 heavy (non-hydrogen) atoms. The Morgan fingerprint density at radius 2 is 2.13 bits per heavy atom. The molecule has 86 valence electrons. The van der Waals surface area contributed by atoms with E-state index in [1.54, 1.807) is 0 Å². The van der Waals surface area contributed by atoms with Crippen LogP contribution in [0.3, 0.4) is 0 Å². The van der Waals surface area contributed by atoms with E-state index in [0.717, 1.165) is 35.8 Å². The molecule has 1 heterocycles. The number of aryl methyl sites for hydroxylation is 2. The Morgan fingerprint density at radius 1 is 1.47 bits per heavy atom. The van der Waals surface area contributed by atoms with Crippen molar-refractivity contribution in [3.63, 3.8) is 0 Å². The molecular formula is C11H20BrN3. The number of rotatable bonds is 5. The molecule has 0 aromatic carbocycles. The summed E-state index contributed by atoms with van der Waals surface area (Å²) < 4.78 is 3.08. The van der Waals surface area contributed by atoms with Gasteiger partial charge in [-0.1, -0.05) is 13.3 Å². The molecule has 1 rings (SSSR count). The summed E-state index contributed by atoms with van der Waals surface area (Å²) in [5.74, 6) is 0. The van der Waals surface area contributed by atoms with Crippen LogP contribution in [-0.2, 0) is 13.5 Å². The molecule has 0 aliphatic heterocycles. The maximum absolute atomic E-state index is 5.99. The lowest BCUT2D eigenvalue weighted by atomic mass is 10.1. The standard InChI is InChI=1S/C11H20BrN3/c1-4-5-9(13)6-7-10-11(12)8(2)14-15(10)3/h9H,4-7,13H2,1-3H3. The lowest BCUT2D eigenvalue weighted by molar-refractivity contribution is 0.546. The largest absolute Gasteiger partial charge is 0.328 e. The average Bonchev–Trinajstić information content (AvgIpc) is 2.40. The van der Waals surface area contributed by atoms with Gasteiger partial charge in [0.25, 0.3) is 0 Å². The van der Waals surface area contributed by atoms with Crippen LogP contribution < -0.4 is 5.73 Å². The van der Waals surface area contributed by atoms with Crippen LogP contribution >= 0.6 is 15.9 Å². The van der Waals surface area contributed by atoms with Gasteiger partial charge in [-0.05, 0) is 42.1 Å². The lowest BCUT2D eigenvalue weighted by Crippen LogP contribution is -2.20. The van der Waals surface area contributed by atoms with Crippen molar-refractivity contribution in [3.8, 4) is 0 Å². The summed E-state index contributed by atoms with van der Waals surface area (Å²) >= 11 is 3.57. The van der Waals surface area contributed by atoms with E-state index in [0.29, 0.717) is 6.04 Å². The number of hydrogen-bond acceptors (Lipinski definition) is 2. The Kier molecular flexibility index (Phi) is 4.80. The van der Waals surface area contributed by atoms with E-state index in [2.05, 4.69) is 28.0 Å². The Bertz CT molecular complexity index is 320. The van der Waals surface area contributed by atoms with Crippen LogP contribution in [0.4, 0.5) is 0 Å². The van der Waals surface area contributed by atoms with Crippen LogP contribution in [0.1, 0.15) is 37.6 Å². The minimum absolute atomic E-state index is 0.317. The first-order valence-electron chi connectivity index (χ1n) is 5.49. The molecule has 0 saturated heterocycles. The summed E-state index contributed by atoms with van der Waals surface area (Å²) in [4.78, 5) is 0. The van der Waals surface area contributed by atoms with Crippen LogP contribution in [0, 0.1) is 6.92 Å². The smallest absolute Gasteiger partial charge is 0.0738 e. The van der Waals surface area contributed by atoms with Crippen LogP contribution in [0.25, 0.3) is 0 Å². The van der Waals surface area contributed by atoms with Crippen molar-refractivity contribution in [1.82, 2.24) is 9.78 Å². The summed E-state index contributed by atoms with van der Waals surface area (Å²) in [6.45, 7) is 4.18. The molecule has 4 heteroatoms.